The molecule has 0 spiro atoms. The second-order valence-corrected chi connectivity index (χ2v) is 6.78. The molecule has 0 radical (unpaired) electrons. The van der Waals surface area contributed by atoms with Gasteiger partial charge in [0, 0.05) is 17.6 Å². The van der Waals surface area contributed by atoms with Crippen LogP contribution >= 0.6 is 0 Å². The Morgan fingerprint density at radius 2 is 1.81 bits per heavy atom. The molecule has 0 bridgehead atoms. The van der Waals surface area contributed by atoms with Gasteiger partial charge in [0.25, 0.3) is 0 Å². The van der Waals surface area contributed by atoms with Crippen molar-refractivity contribution in [3.05, 3.63) is 54.1 Å². The summed E-state index contributed by atoms with van der Waals surface area (Å²) in [4.78, 5) is 12.1. The predicted molar refractivity (Wildman–Crippen MR) is 82.7 cm³/mol. The van der Waals surface area contributed by atoms with Crippen molar-refractivity contribution in [2.45, 2.75) is 11.3 Å². The summed E-state index contributed by atoms with van der Waals surface area (Å²) in [6.07, 6.45) is 1.33. The normalized spacial score (nSPS) is 11.1. The number of anilines is 2. The van der Waals surface area contributed by atoms with Gasteiger partial charge in [-0.1, -0.05) is 18.2 Å². The van der Waals surface area contributed by atoms with Crippen LogP contribution in [0, 0.1) is 0 Å². The van der Waals surface area contributed by atoms with Crippen LogP contribution in [-0.2, 0) is 21.1 Å². The molecular formula is C15H16N2O3S. The minimum absolute atomic E-state index is 0.174. The Hall–Kier alpha value is -2.34. The smallest absolute Gasteiger partial charge is 0.228 e. The molecular weight excluding hydrogens is 288 g/mol. The van der Waals surface area contributed by atoms with Crippen LogP contribution in [0.1, 0.15) is 5.56 Å². The molecule has 0 aliphatic carbocycles. The molecule has 5 nitrogen and oxygen atoms in total. The molecule has 0 saturated carbocycles. The number of sulfone groups is 1. The van der Waals surface area contributed by atoms with Gasteiger partial charge in [-0.3, -0.25) is 4.79 Å². The molecule has 2 rings (SSSR count). The van der Waals surface area contributed by atoms with E-state index in [1.165, 1.54) is 12.1 Å². The van der Waals surface area contributed by atoms with Crippen molar-refractivity contribution in [3.63, 3.8) is 0 Å². The van der Waals surface area contributed by atoms with Crippen LogP contribution in [0.25, 0.3) is 0 Å². The van der Waals surface area contributed by atoms with Crippen LogP contribution in [-0.4, -0.2) is 20.6 Å². The summed E-state index contributed by atoms with van der Waals surface area (Å²) in [5.41, 5.74) is 7.51. The molecule has 2 aromatic carbocycles. The van der Waals surface area contributed by atoms with Crippen molar-refractivity contribution in [1.82, 2.24) is 0 Å². The highest BCUT2D eigenvalue weighted by molar-refractivity contribution is 7.90. The number of rotatable bonds is 4. The molecule has 2 aromatic rings. The summed E-state index contributed by atoms with van der Waals surface area (Å²) < 4.78 is 22.9. The summed E-state index contributed by atoms with van der Waals surface area (Å²) in [5.74, 6) is -0.217. The van der Waals surface area contributed by atoms with E-state index in [0.29, 0.717) is 11.4 Å². The zero-order chi connectivity index (χ0) is 15.5. The van der Waals surface area contributed by atoms with Gasteiger partial charge in [-0.2, -0.15) is 0 Å². The van der Waals surface area contributed by atoms with E-state index in [2.05, 4.69) is 5.32 Å². The van der Waals surface area contributed by atoms with Crippen LogP contribution in [0.5, 0.6) is 0 Å². The monoisotopic (exact) mass is 304 g/mol. The molecule has 0 aromatic heterocycles. The fourth-order valence-corrected chi connectivity index (χ4v) is 2.50. The minimum Gasteiger partial charge on any atom is -0.399 e. The van der Waals surface area contributed by atoms with Gasteiger partial charge in [0.15, 0.2) is 9.84 Å². The summed E-state index contributed by atoms with van der Waals surface area (Å²) >= 11 is 0. The van der Waals surface area contributed by atoms with Crippen molar-refractivity contribution in [1.29, 1.82) is 0 Å². The first kappa shape index (κ1) is 15.1. The molecule has 21 heavy (non-hydrogen) atoms. The number of carbonyl (C=O) groups is 1. The summed E-state index contributed by atoms with van der Waals surface area (Å²) in [5, 5.41) is 2.68. The minimum atomic E-state index is -3.29. The number of hydrogen-bond acceptors (Lipinski definition) is 4. The number of nitrogens with two attached hydrogens (primary N) is 1. The Morgan fingerprint density at radius 1 is 1.14 bits per heavy atom. The average molecular weight is 304 g/mol. The summed E-state index contributed by atoms with van der Waals surface area (Å²) in [6.45, 7) is 0. The molecule has 0 fully saturated rings. The van der Waals surface area contributed by atoms with E-state index >= 15 is 0 Å². The Labute approximate surface area is 123 Å². The van der Waals surface area contributed by atoms with Gasteiger partial charge >= 0.3 is 0 Å². The lowest BCUT2D eigenvalue weighted by molar-refractivity contribution is -0.115. The number of nitrogen functional groups attached to an aromatic ring is 1. The molecule has 0 saturated heterocycles. The van der Waals surface area contributed by atoms with Crippen LogP contribution in [0.4, 0.5) is 11.4 Å². The van der Waals surface area contributed by atoms with Gasteiger partial charge in [-0.15, -0.1) is 0 Å². The van der Waals surface area contributed by atoms with Crippen molar-refractivity contribution in [2.75, 3.05) is 17.3 Å². The maximum atomic E-state index is 11.9. The molecule has 0 aliphatic rings. The van der Waals surface area contributed by atoms with Gasteiger partial charge in [-0.25, -0.2) is 8.42 Å². The number of hydrogen-bond donors (Lipinski definition) is 2. The standard InChI is InChI=1S/C15H16N2O3S/c1-21(19,20)14-4-2-3-13(10-14)17-15(18)9-11-5-7-12(16)8-6-11/h2-8,10H,9,16H2,1H3,(H,17,18). The molecule has 0 atom stereocenters. The quantitative estimate of drug-likeness (QED) is 0.844. The second kappa shape index (κ2) is 5.97. The van der Waals surface area contributed by atoms with Crippen LogP contribution in [0.15, 0.2) is 53.4 Å². The topological polar surface area (TPSA) is 89.3 Å². The van der Waals surface area contributed by atoms with Crippen molar-refractivity contribution < 1.29 is 13.2 Å². The van der Waals surface area contributed by atoms with Crippen LogP contribution < -0.4 is 11.1 Å². The lowest BCUT2D eigenvalue weighted by Gasteiger charge is -2.07. The number of nitrogens with one attached hydrogen (secondary N) is 1. The van der Waals surface area contributed by atoms with E-state index in [1.54, 1.807) is 36.4 Å². The maximum Gasteiger partial charge on any atom is 0.228 e. The first-order valence-electron chi connectivity index (χ1n) is 6.29. The fraction of sp³-hybridized carbons (Fsp3) is 0.133. The number of amides is 1. The lowest BCUT2D eigenvalue weighted by atomic mass is 10.1. The van der Waals surface area contributed by atoms with Crippen LogP contribution in [0.3, 0.4) is 0 Å². The number of benzene rings is 2. The molecule has 3 N–H and O–H groups in total. The summed E-state index contributed by atoms with van der Waals surface area (Å²) in [6, 6.07) is 13.2. The SMILES string of the molecule is CS(=O)(=O)c1cccc(NC(=O)Cc2ccc(N)cc2)c1. The summed E-state index contributed by atoms with van der Waals surface area (Å²) in [7, 11) is -3.29. The van der Waals surface area contributed by atoms with E-state index in [1.807, 2.05) is 0 Å². The maximum absolute atomic E-state index is 11.9. The fourth-order valence-electron chi connectivity index (χ4n) is 1.83. The Bertz CT molecular complexity index is 753. The van der Waals surface area contributed by atoms with Gasteiger partial charge in [0.05, 0.1) is 11.3 Å². The highest BCUT2D eigenvalue weighted by Crippen LogP contribution is 2.16. The van der Waals surface area contributed by atoms with Gasteiger partial charge in [-0.05, 0) is 35.9 Å². The van der Waals surface area contributed by atoms with Crippen molar-refractivity contribution >= 4 is 27.1 Å². The lowest BCUT2D eigenvalue weighted by Crippen LogP contribution is -2.14. The Morgan fingerprint density at radius 3 is 2.43 bits per heavy atom. The van der Waals surface area contributed by atoms with E-state index < -0.39 is 9.84 Å². The molecule has 0 heterocycles. The van der Waals surface area contributed by atoms with Crippen molar-refractivity contribution in [2.24, 2.45) is 0 Å². The molecule has 0 aliphatic heterocycles. The van der Waals surface area contributed by atoms with E-state index in [-0.39, 0.29) is 17.2 Å². The third-order valence-corrected chi connectivity index (χ3v) is 4.00. The zero-order valence-corrected chi connectivity index (χ0v) is 12.4. The van der Waals surface area contributed by atoms with Crippen molar-refractivity contribution in [3.8, 4) is 0 Å². The van der Waals surface area contributed by atoms with E-state index in [0.717, 1.165) is 11.8 Å². The van der Waals surface area contributed by atoms with Gasteiger partial charge in [0.2, 0.25) is 5.91 Å². The molecule has 6 heteroatoms. The molecule has 1 amide bonds. The third-order valence-electron chi connectivity index (χ3n) is 2.89. The predicted octanol–water partition coefficient (Wildman–Crippen LogP) is 1.85. The average Bonchev–Trinajstić information content (AvgIpc) is 2.41. The highest BCUT2D eigenvalue weighted by atomic mass is 32.2. The first-order valence-corrected chi connectivity index (χ1v) is 8.18. The molecule has 0 unspecified atom stereocenters. The zero-order valence-electron chi connectivity index (χ0n) is 11.5. The van der Waals surface area contributed by atoms with E-state index in [9.17, 15) is 13.2 Å². The highest BCUT2D eigenvalue weighted by Gasteiger charge is 2.09. The van der Waals surface area contributed by atoms with E-state index in [4.69, 9.17) is 5.73 Å². The largest absolute Gasteiger partial charge is 0.399 e. The third kappa shape index (κ3) is 4.32. The first-order chi connectivity index (χ1) is 9.84. The second-order valence-electron chi connectivity index (χ2n) is 4.77. The number of carbonyl (C=O) groups excluding carboxylic acids is 1. The van der Waals surface area contributed by atoms with Gasteiger partial charge < -0.3 is 11.1 Å². The van der Waals surface area contributed by atoms with Crippen LogP contribution in [0.2, 0.25) is 0 Å². The van der Waals surface area contributed by atoms with Gasteiger partial charge in [0.1, 0.15) is 0 Å². The Balaban J connectivity index is 2.08. The molecule has 110 valence electrons. The Kier molecular flexibility index (Phi) is 4.28.